The minimum atomic E-state index is -0.397. The molecule has 2 rings (SSSR count). The molecule has 0 saturated carbocycles. The van der Waals surface area contributed by atoms with Crippen molar-refractivity contribution in [2.24, 2.45) is 0 Å². The third kappa shape index (κ3) is 3.91. The van der Waals surface area contributed by atoms with Crippen molar-refractivity contribution < 1.29 is 14.3 Å². The summed E-state index contributed by atoms with van der Waals surface area (Å²) in [5.74, 6) is -0.614. The van der Waals surface area contributed by atoms with Gasteiger partial charge in [0.1, 0.15) is 6.54 Å². The SMILES string of the molecule is COC(=O)Cc1cn(CC(=O)Nc2ccccc2)nn1. The number of benzene rings is 1. The van der Waals surface area contributed by atoms with Crippen molar-refractivity contribution in [3.8, 4) is 0 Å². The molecule has 1 aromatic heterocycles. The first-order valence-electron chi connectivity index (χ1n) is 5.98. The lowest BCUT2D eigenvalue weighted by molar-refractivity contribution is -0.139. The number of methoxy groups -OCH3 is 1. The smallest absolute Gasteiger partial charge is 0.311 e. The number of amides is 1. The second-order valence-electron chi connectivity index (χ2n) is 4.07. The Morgan fingerprint density at radius 1 is 1.30 bits per heavy atom. The van der Waals surface area contributed by atoms with Gasteiger partial charge < -0.3 is 10.1 Å². The molecule has 7 nitrogen and oxygen atoms in total. The minimum Gasteiger partial charge on any atom is -0.469 e. The Morgan fingerprint density at radius 3 is 2.75 bits per heavy atom. The quantitative estimate of drug-likeness (QED) is 0.808. The Balaban J connectivity index is 1.90. The summed E-state index contributed by atoms with van der Waals surface area (Å²) in [4.78, 5) is 22.9. The first kappa shape index (κ1) is 13.7. The maximum Gasteiger partial charge on any atom is 0.311 e. The highest BCUT2D eigenvalue weighted by atomic mass is 16.5. The number of rotatable bonds is 5. The van der Waals surface area contributed by atoms with Crippen LogP contribution < -0.4 is 5.32 Å². The van der Waals surface area contributed by atoms with E-state index < -0.39 is 5.97 Å². The number of para-hydroxylation sites is 1. The Morgan fingerprint density at radius 2 is 2.05 bits per heavy atom. The molecule has 7 heteroatoms. The Bertz CT molecular complexity index is 595. The lowest BCUT2D eigenvalue weighted by Crippen LogP contribution is -2.19. The van der Waals surface area contributed by atoms with E-state index in [0.717, 1.165) is 0 Å². The second-order valence-corrected chi connectivity index (χ2v) is 4.07. The van der Waals surface area contributed by atoms with Crippen molar-refractivity contribution in [1.82, 2.24) is 15.0 Å². The number of nitrogens with zero attached hydrogens (tertiary/aromatic N) is 3. The standard InChI is InChI=1S/C13H14N4O3/c1-20-13(19)7-11-8-17(16-15-11)9-12(18)14-10-5-3-2-4-6-10/h2-6,8H,7,9H2,1H3,(H,14,18). The summed E-state index contributed by atoms with van der Waals surface area (Å²) < 4.78 is 5.90. The monoisotopic (exact) mass is 274 g/mol. The molecule has 0 aliphatic rings. The average molecular weight is 274 g/mol. The highest BCUT2D eigenvalue weighted by molar-refractivity contribution is 5.90. The third-order valence-corrected chi connectivity index (χ3v) is 2.50. The van der Waals surface area contributed by atoms with Crippen LogP contribution in [0.1, 0.15) is 5.69 Å². The molecule has 0 spiro atoms. The zero-order chi connectivity index (χ0) is 14.4. The summed E-state index contributed by atoms with van der Waals surface area (Å²) >= 11 is 0. The van der Waals surface area contributed by atoms with Crippen LogP contribution in [0.4, 0.5) is 5.69 Å². The van der Waals surface area contributed by atoms with Crippen molar-refractivity contribution in [3.63, 3.8) is 0 Å². The molecule has 1 amide bonds. The maximum atomic E-state index is 11.8. The molecular formula is C13H14N4O3. The van der Waals surface area contributed by atoms with E-state index in [2.05, 4.69) is 20.4 Å². The normalized spacial score (nSPS) is 10.1. The van der Waals surface area contributed by atoms with E-state index in [9.17, 15) is 9.59 Å². The number of nitrogens with one attached hydrogen (secondary N) is 1. The average Bonchev–Trinajstić information content (AvgIpc) is 2.86. The van der Waals surface area contributed by atoms with E-state index in [1.807, 2.05) is 18.2 Å². The zero-order valence-electron chi connectivity index (χ0n) is 10.9. The van der Waals surface area contributed by atoms with Gasteiger partial charge in [-0.1, -0.05) is 23.4 Å². The van der Waals surface area contributed by atoms with Gasteiger partial charge in [0.15, 0.2) is 0 Å². The third-order valence-electron chi connectivity index (χ3n) is 2.50. The molecule has 104 valence electrons. The van der Waals surface area contributed by atoms with E-state index in [1.165, 1.54) is 11.8 Å². The number of hydrogen-bond donors (Lipinski definition) is 1. The molecule has 0 unspecified atom stereocenters. The van der Waals surface area contributed by atoms with Crippen LogP contribution in [-0.4, -0.2) is 34.0 Å². The lowest BCUT2D eigenvalue weighted by atomic mass is 10.3. The van der Waals surface area contributed by atoms with Crippen LogP contribution in [0, 0.1) is 0 Å². The molecule has 0 atom stereocenters. The fourth-order valence-electron chi connectivity index (χ4n) is 1.59. The minimum absolute atomic E-state index is 0.0308. The summed E-state index contributed by atoms with van der Waals surface area (Å²) in [7, 11) is 1.31. The van der Waals surface area contributed by atoms with Gasteiger partial charge in [-0.25, -0.2) is 4.68 Å². The zero-order valence-corrected chi connectivity index (χ0v) is 10.9. The van der Waals surface area contributed by atoms with Crippen molar-refractivity contribution in [1.29, 1.82) is 0 Å². The molecular weight excluding hydrogens is 260 g/mol. The Hall–Kier alpha value is -2.70. The molecule has 1 N–H and O–H groups in total. The van der Waals surface area contributed by atoms with Crippen molar-refractivity contribution in [2.75, 3.05) is 12.4 Å². The first-order valence-corrected chi connectivity index (χ1v) is 5.98. The highest BCUT2D eigenvalue weighted by Crippen LogP contribution is 2.05. The van der Waals surface area contributed by atoms with E-state index in [4.69, 9.17) is 0 Å². The van der Waals surface area contributed by atoms with Gasteiger partial charge in [0.25, 0.3) is 0 Å². The van der Waals surface area contributed by atoms with Crippen LogP contribution >= 0.6 is 0 Å². The van der Waals surface area contributed by atoms with Crippen molar-refractivity contribution >= 4 is 17.6 Å². The summed E-state index contributed by atoms with van der Waals surface area (Å²) in [6.45, 7) is 0.0308. The Kier molecular flexibility index (Phi) is 4.43. The number of hydrogen-bond acceptors (Lipinski definition) is 5. The maximum absolute atomic E-state index is 11.8. The summed E-state index contributed by atoms with van der Waals surface area (Å²) in [5, 5.41) is 10.3. The molecule has 0 fully saturated rings. The van der Waals surface area contributed by atoms with E-state index in [1.54, 1.807) is 18.3 Å². The van der Waals surface area contributed by atoms with Gasteiger partial charge in [-0.05, 0) is 12.1 Å². The number of ether oxygens (including phenoxy) is 1. The molecule has 2 aromatic rings. The van der Waals surface area contributed by atoms with Crippen molar-refractivity contribution in [3.05, 3.63) is 42.2 Å². The summed E-state index contributed by atoms with van der Waals surface area (Å²) in [5.41, 5.74) is 1.18. The lowest BCUT2D eigenvalue weighted by Gasteiger charge is -2.04. The van der Waals surface area contributed by atoms with Gasteiger partial charge in [0.05, 0.1) is 19.2 Å². The molecule has 0 aliphatic heterocycles. The van der Waals surface area contributed by atoms with Crippen LogP contribution in [0.5, 0.6) is 0 Å². The molecule has 0 bridgehead atoms. The predicted molar refractivity (Wildman–Crippen MR) is 70.8 cm³/mol. The first-order chi connectivity index (χ1) is 9.67. The molecule has 0 saturated heterocycles. The van der Waals surface area contributed by atoms with Crippen molar-refractivity contribution in [2.45, 2.75) is 13.0 Å². The van der Waals surface area contributed by atoms with Gasteiger partial charge in [-0.15, -0.1) is 5.10 Å². The fraction of sp³-hybridized carbons (Fsp3) is 0.231. The Labute approximate surface area is 115 Å². The molecule has 0 radical (unpaired) electrons. The number of esters is 1. The van der Waals surface area contributed by atoms with Crippen LogP contribution in [0.3, 0.4) is 0 Å². The number of carbonyl (C=O) groups is 2. The fourth-order valence-corrected chi connectivity index (χ4v) is 1.59. The number of aromatic nitrogens is 3. The summed E-state index contributed by atoms with van der Waals surface area (Å²) in [6.07, 6.45) is 1.58. The van der Waals surface area contributed by atoms with Gasteiger partial charge in [-0.2, -0.15) is 0 Å². The summed E-state index contributed by atoms with van der Waals surface area (Å²) in [6, 6.07) is 9.12. The van der Waals surface area contributed by atoms with E-state index >= 15 is 0 Å². The highest BCUT2D eigenvalue weighted by Gasteiger charge is 2.09. The number of carbonyl (C=O) groups excluding carboxylic acids is 2. The van der Waals surface area contributed by atoms with Crippen LogP contribution in [0.25, 0.3) is 0 Å². The molecule has 1 heterocycles. The van der Waals surface area contributed by atoms with Crippen LogP contribution in [0.15, 0.2) is 36.5 Å². The topological polar surface area (TPSA) is 86.1 Å². The molecule has 20 heavy (non-hydrogen) atoms. The molecule has 0 aliphatic carbocycles. The van der Waals surface area contributed by atoms with Gasteiger partial charge in [0, 0.05) is 11.9 Å². The van der Waals surface area contributed by atoms with Gasteiger partial charge in [-0.3, -0.25) is 9.59 Å². The van der Waals surface area contributed by atoms with E-state index in [-0.39, 0.29) is 18.9 Å². The second kappa shape index (κ2) is 6.46. The van der Waals surface area contributed by atoms with Crippen LogP contribution in [0.2, 0.25) is 0 Å². The van der Waals surface area contributed by atoms with Crippen LogP contribution in [-0.2, 0) is 27.3 Å². The van der Waals surface area contributed by atoms with E-state index in [0.29, 0.717) is 11.4 Å². The largest absolute Gasteiger partial charge is 0.469 e. The number of anilines is 1. The van der Waals surface area contributed by atoms with Gasteiger partial charge in [0.2, 0.25) is 5.91 Å². The van der Waals surface area contributed by atoms with Gasteiger partial charge >= 0.3 is 5.97 Å². The molecule has 1 aromatic carbocycles. The predicted octanol–water partition coefficient (Wildman–Crippen LogP) is 0.632.